The summed E-state index contributed by atoms with van der Waals surface area (Å²) < 4.78 is 46.0. The molecule has 0 unspecified atom stereocenters. The van der Waals surface area contributed by atoms with Gasteiger partial charge in [-0.3, -0.25) is 4.98 Å². The van der Waals surface area contributed by atoms with Crippen molar-refractivity contribution in [2.45, 2.75) is 22.6 Å². The fourth-order valence-corrected chi connectivity index (χ4v) is 3.36. The third kappa shape index (κ3) is 4.10. The van der Waals surface area contributed by atoms with E-state index in [9.17, 15) is 16.8 Å². The lowest BCUT2D eigenvalue weighted by Gasteiger charge is -2.09. The van der Waals surface area contributed by atoms with Gasteiger partial charge in [0.05, 0.1) is 9.79 Å². The lowest BCUT2D eigenvalue weighted by molar-refractivity contribution is 0.592. The minimum absolute atomic E-state index is 0.115. The summed E-state index contributed by atoms with van der Waals surface area (Å²) in [4.78, 5) is 3.86. The van der Waals surface area contributed by atoms with Crippen LogP contribution in [0.3, 0.4) is 0 Å². The highest BCUT2D eigenvalue weighted by molar-refractivity contribution is 7.89. The third-order valence-corrected chi connectivity index (χ3v) is 4.97. The van der Waals surface area contributed by atoms with E-state index in [2.05, 4.69) is 4.98 Å². The number of aromatic nitrogens is 1. The summed E-state index contributed by atoms with van der Waals surface area (Å²) in [5.74, 6) is 0. The van der Waals surface area contributed by atoms with Crippen LogP contribution in [0.5, 0.6) is 0 Å². The van der Waals surface area contributed by atoms with Crippen LogP contribution in [-0.2, 0) is 32.9 Å². The zero-order valence-electron chi connectivity index (χ0n) is 11.5. The Hall–Kier alpha value is -1.81. The second-order valence-electron chi connectivity index (χ2n) is 4.68. The number of pyridine rings is 1. The lowest BCUT2D eigenvalue weighted by Crippen LogP contribution is -2.17. The van der Waals surface area contributed by atoms with Crippen molar-refractivity contribution >= 4 is 20.0 Å². The highest BCUT2D eigenvalue weighted by Gasteiger charge is 2.17. The van der Waals surface area contributed by atoms with Gasteiger partial charge in [-0.05, 0) is 48.7 Å². The van der Waals surface area contributed by atoms with Crippen LogP contribution in [0.25, 0.3) is 0 Å². The monoisotopic (exact) mass is 341 g/mol. The zero-order valence-corrected chi connectivity index (χ0v) is 13.1. The fourth-order valence-electron chi connectivity index (χ4n) is 2.01. The predicted molar refractivity (Wildman–Crippen MR) is 80.8 cm³/mol. The first-order chi connectivity index (χ1) is 10.2. The average molecular weight is 341 g/mol. The van der Waals surface area contributed by atoms with Gasteiger partial charge >= 0.3 is 0 Å². The smallest absolute Gasteiger partial charge is 0.238 e. The van der Waals surface area contributed by atoms with E-state index in [0.717, 1.165) is 17.8 Å². The molecule has 0 atom stereocenters. The van der Waals surface area contributed by atoms with Crippen LogP contribution < -0.4 is 10.3 Å². The predicted octanol–water partition coefficient (Wildman–Crippen LogP) is 0.162. The van der Waals surface area contributed by atoms with Crippen molar-refractivity contribution < 1.29 is 16.8 Å². The number of nitrogens with zero attached hydrogens (tertiary/aromatic N) is 1. The number of aryl methyl sites for hydroxylation is 2. The van der Waals surface area contributed by atoms with Crippen molar-refractivity contribution in [3.8, 4) is 0 Å². The topological polar surface area (TPSA) is 133 Å². The molecule has 22 heavy (non-hydrogen) atoms. The Balaban J connectivity index is 2.42. The summed E-state index contributed by atoms with van der Waals surface area (Å²) in [5, 5.41) is 10.2. The molecule has 1 heterocycles. The Bertz CT molecular complexity index is 879. The van der Waals surface area contributed by atoms with E-state index < -0.39 is 20.0 Å². The number of benzene rings is 1. The summed E-state index contributed by atoms with van der Waals surface area (Å²) in [6.07, 6.45) is 2.33. The summed E-state index contributed by atoms with van der Waals surface area (Å²) in [7, 11) is -7.88. The number of rotatable bonds is 5. The maximum Gasteiger partial charge on any atom is 0.238 e. The van der Waals surface area contributed by atoms with Crippen LogP contribution in [0.2, 0.25) is 0 Å². The van der Waals surface area contributed by atoms with Gasteiger partial charge in [0, 0.05) is 11.9 Å². The molecular weight excluding hydrogens is 326 g/mol. The average Bonchev–Trinajstić information content (AvgIpc) is 2.44. The van der Waals surface area contributed by atoms with E-state index in [1.807, 2.05) is 6.07 Å². The molecule has 0 amide bonds. The molecule has 0 bridgehead atoms. The molecule has 4 N–H and O–H groups in total. The van der Waals surface area contributed by atoms with Crippen LogP contribution in [0.1, 0.15) is 11.3 Å². The van der Waals surface area contributed by atoms with Gasteiger partial charge in [0.2, 0.25) is 20.0 Å². The van der Waals surface area contributed by atoms with E-state index >= 15 is 0 Å². The maximum absolute atomic E-state index is 11.6. The van der Waals surface area contributed by atoms with Crippen LogP contribution in [-0.4, -0.2) is 21.8 Å². The Kier molecular flexibility index (Phi) is 4.61. The molecule has 118 valence electrons. The first-order valence-electron chi connectivity index (χ1n) is 6.26. The third-order valence-electron chi connectivity index (χ3n) is 3.04. The molecular formula is C13H15N3O4S2. The normalized spacial score (nSPS) is 12.3. The number of nitrogens with two attached hydrogens (primary N) is 2. The Morgan fingerprint density at radius 3 is 2.18 bits per heavy atom. The fraction of sp³-hybridized carbons (Fsp3) is 0.154. The van der Waals surface area contributed by atoms with E-state index in [1.54, 1.807) is 18.3 Å². The van der Waals surface area contributed by atoms with Crippen LogP contribution in [0.15, 0.2) is 52.4 Å². The molecule has 0 saturated heterocycles. The van der Waals surface area contributed by atoms with E-state index in [-0.39, 0.29) is 16.2 Å². The highest BCUT2D eigenvalue weighted by Crippen LogP contribution is 2.20. The summed E-state index contributed by atoms with van der Waals surface area (Å²) >= 11 is 0. The molecule has 9 heteroatoms. The van der Waals surface area contributed by atoms with Crippen LogP contribution >= 0.6 is 0 Å². The number of primary sulfonamides is 2. The molecule has 0 spiro atoms. The SMILES string of the molecule is NS(=O)(=O)c1ccc(S(N)(=O)=O)c(CCc2ccccn2)c1. The van der Waals surface area contributed by atoms with Gasteiger partial charge < -0.3 is 0 Å². The standard InChI is InChI=1S/C13H15N3O4S2/c14-21(17,18)12-6-7-13(22(15,19)20)10(9-12)4-5-11-3-1-2-8-16-11/h1-3,6-9H,4-5H2,(H2,14,17,18)(H2,15,19,20). The second-order valence-corrected chi connectivity index (χ2v) is 7.77. The van der Waals surface area contributed by atoms with Crippen LogP contribution in [0, 0.1) is 0 Å². The summed E-state index contributed by atoms with van der Waals surface area (Å²) in [6.45, 7) is 0. The summed E-state index contributed by atoms with van der Waals surface area (Å²) in [5.41, 5.74) is 1.04. The van der Waals surface area contributed by atoms with Gasteiger partial charge in [-0.1, -0.05) is 6.07 Å². The molecule has 0 radical (unpaired) electrons. The Morgan fingerprint density at radius 2 is 1.64 bits per heavy atom. The molecule has 0 fully saturated rings. The number of sulfonamides is 2. The van der Waals surface area contributed by atoms with Gasteiger partial charge in [0.25, 0.3) is 0 Å². The molecule has 0 aliphatic carbocycles. The minimum Gasteiger partial charge on any atom is -0.261 e. The van der Waals surface area contributed by atoms with E-state index in [4.69, 9.17) is 10.3 Å². The zero-order chi connectivity index (χ0) is 16.4. The quantitative estimate of drug-likeness (QED) is 0.799. The van der Waals surface area contributed by atoms with E-state index in [0.29, 0.717) is 12.0 Å². The van der Waals surface area contributed by atoms with Gasteiger partial charge in [-0.25, -0.2) is 27.1 Å². The van der Waals surface area contributed by atoms with Crippen molar-refractivity contribution in [2.75, 3.05) is 0 Å². The molecule has 1 aromatic heterocycles. The maximum atomic E-state index is 11.6. The molecule has 7 nitrogen and oxygen atoms in total. The minimum atomic E-state index is -3.96. The number of hydrogen-bond acceptors (Lipinski definition) is 5. The molecule has 2 rings (SSSR count). The first-order valence-corrected chi connectivity index (χ1v) is 9.35. The lowest BCUT2D eigenvalue weighted by atomic mass is 10.1. The molecule has 0 aliphatic heterocycles. The Morgan fingerprint density at radius 1 is 0.909 bits per heavy atom. The van der Waals surface area contributed by atoms with Crippen molar-refractivity contribution in [2.24, 2.45) is 10.3 Å². The van der Waals surface area contributed by atoms with Gasteiger partial charge in [-0.2, -0.15) is 0 Å². The molecule has 0 saturated carbocycles. The molecule has 2 aromatic rings. The van der Waals surface area contributed by atoms with Crippen molar-refractivity contribution in [3.63, 3.8) is 0 Å². The van der Waals surface area contributed by atoms with Crippen molar-refractivity contribution in [3.05, 3.63) is 53.9 Å². The van der Waals surface area contributed by atoms with Crippen LogP contribution in [0.4, 0.5) is 0 Å². The largest absolute Gasteiger partial charge is 0.261 e. The second kappa shape index (κ2) is 6.13. The van der Waals surface area contributed by atoms with Gasteiger partial charge in [-0.15, -0.1) is 0 Å². The van der Waals surface area contributed by atoms with E-state index in [1.165, 1.54) is 6.07 Å². The van der Waals surface area contributed by atoms with Gasteiger partial charge in [0.15, 0.2) is 0 Å². The van der Waals surface area contributed by atoms with Crippen molar-refractivity contribution in [1.82, 2.24) is 4.98 Å². The Labute approximate surface area is 129 Å². The molecule has 1 aromatic carbocycles. The highest BCUT2D eigenvalue weighted by atomic mass is 32.2. The summed E-state index contributed by atoms with van der Waals surface area (Å²) in [6, 6.07) is 8.88. The molecule has 0 aliphatic rings. The number of hydrogen-bond donors (Lipinski definition) is 2. The first kappa shape index (κ1) is 16.6. The van der Waals surface area contributed by atoms with Crippen molar-refractivity contribution in [1.29, 1.82) is 0 Å². The van der Waals surface area contributed by atoms with Gasteiger partial charge in [0.1, 0.15) is 0 Å².